The number of carbonyl (C=O) groups is 2. The van der Waals surface area contributed by atoms with E-state index >= 15 is 0 Å². The lowest BCUT2D eigenvalue weighted by Crippen LogP contribution is -2.57. The Morgan fingerprint density at radius 2 is 1.20 bits per heavy atom. The number of nitrogens with one attached hydrogen (secondary N) is 3. The fraction of sp³-hybridized carbons (Fsp3) is 0.368. The Morgan fingerprint density at radius 3 is 1.78 bits per heavy atom. The van der Waals surface area contributed by atoms with E-state index in [1.54, 1.807) is 41.5 Å². The topological polar surface area (TPSA) is 88.7 Å². The van der Waals surface area contributed by atoms with E-state index in [4.69, 9.17) is 9.47 Å². The first kappa shape index (κ1) is 33.5. The van der Waals surface area contributed by atoms with Gasteiger partial charge in [-0.1, -0.05) is 99.6 Å². The van der Waals surface area contributed by atoms with Crippen LogP contribution >= 0.6 is 0 Å². The molecule has 0 fully saturated rings. The maximum Gasteiger partial charge on any atom is 0.410 e. The molecule has 0 heterocycles. The van der Waals surface area contributed by atoms with E-state index in [1.807, 2.05) is 18.2 Å². The van der Waals surface area contributed by atoms with Crippen molar-refractivity contribution in [1.82, 2.24) is 16.0 Å². The summed E-state index contributed by atoms with van der Waals surface area (Å²) in [5.41, 5.74) is 5.50. The molecule has 4 rings (SSSR count). The predicted octanol–water partition coefficient (Wildman–Crippen LogP) is 8.89. The standard InChI is InChI=1S/C38H47N3O4/c1-36(2,3)29-20-17-25(18-21-29)31-16-12-14-26-23-27(19-22-32(26)31)30-15-11-10-13-28(30)24-39-33(40-34(42)44-37(4,5)6)41-35(43)45-38(7,8)9/h10-23,33,39H,24H2,1-9H3,(H,40,42)(H,41,43). The molecule has 0 aliphatic rings. The summed E-state index contributed by atoms with van der Waals surface area (Å²) in [4.78, 5) is 25.2. The second-order valence-corrected chi connectivity index (χ2v) is 14.3. The maximum absolute atomic E-state index is 12.6. The lowest BCUT2D eigenvalue weighted by atomic mass is 9.86. The van der Waals surface area contributed by atoms with Gasteiger partial charge in [-0.25, -0.2) is 9.59 Å². The molecule has 0 aliphatic heterocycles. The third kappa shape index (κ3) is 9.56. The van der Waals surface area contributed by atoms with Gasteiger partial charge in [0.05, 0.1) is 0 Å². The molecule has 0 saturated heterocycles. The molecule has 4 aromatic carbocycles. The average Bonchev–Trinajstić information content (AvgIpc) is 2.93. The summed E-state index contributed by atoms with van der Waals surface area (Å²) >= 11 is 0. The van der Waals surface area contributed by atoms with Gasteiger partial charge >= 0.3 is 12.2 Å². The molecule has 0 aromatic heterocycles. The van der Waals surface area contributed by atoms with Gasteiger partial charge in [-0.3, -0.25) is 16.0 Å². The molecule has 0 radical (unpaired) electrons. The van der Waals surface area contributed by atoms with Gasteiger partial charge in [0.25, 0.3) is 0 Å². The molecule has 0 unspecified atom stereocenters. The fourth-order valence-corrected chi connectivity index (χ4v) is 5.01. The van der Waals surface area contributed by atoms with Crippen molar-refractivity contribution in [3.8, 4) is 22.3 Å². The van der Waals surface area contributed by atoms with E-state index in [0.717, 1.165) is 22.1 Å². The Kier molecular flexibility index (Phi) is 9.93. The van der Waals surface area contributed by atoms with Crippen molar-refractivity contribution >= 4 is 23.0 Å². The highest BCUT2D eigenvalue weighted by molar-refractivity contribution is 5.98. The number of rotatable bonds is 7. The van der Waals surface area contributed by atoms with Gasteiger partial charge < -0.3 is 9.47 Å². The quantitative estimate of drug-likeness (QED) is 0.182. The molecular weight excluding hydrogens is 562 g/mol. The fourth-order valence-electron chi connectivity index (χ4n) is 5.01. The minimum absolute atomic E-state index is 0.103. The highest BCUT2D eigenvalue weighted by Crippen LogP contribution is 2.34. The smallest absolute Gasteiger partial charge is 0.410 e. The van der Waals surface area contributed by atoms with Crippen LogP contribution in [0.15, 0.2) is 84.9 Å². The summed E-state index contributed by atoms with van der Waals surface area (Å²) in [6.07, 6.45) is -2.27. The Bertz CT molecular complexity index is 1610. The van der Waals surface area contributed by atoms with E-state index in [0.29, 0.717) is 6.54 Å². The Hall–Kier alpha value is -4.36. The van der Waals surface area contributed by atoms with Gasteiger partial charge in [-0.05, 0) is 97.2 Å². The lowest BCUT2D eigenvalue weighted by molar-refractivity contribution is 0.0405. The monoisotopic (exact) mass is 609 g/mol. The Labute approximate surface area is 267 Å². The van der Waals surface area contributed by atoms with Crippen LogP contribution in [0.2, 0.25) is 0 Å². The number of ether oxygens (including phenoxy) is 2. The van der Waals surface area contributed by atoms with E-state index in [9.17, 15) is 9.59 Å². The molecule has 0 saturated carbocycles. The molecule has 7 nitrogen and oxygen atoms in total. The van der Waals surface area contributed by atoms with Crippen molar-refractivity contribution in [2.75, 3.05) is 0 Å². The molecule has 0 bridgehead atoms. The number of benzene rings is 4. The molecule has 0 aliphatic carbocycles. The van der Waals surface area contributed by atoms with Crippen LogP contribution in [0.25, 0.3) is 33.0 Å². The van der Waals surface area contributed by atoms with Crippen molar-refractivity contribution in [3.63, 3.8) is 0 Å². The number of alkyl carbamates (subject to hydrolysis) is 2. The van der Waals surface area contributed by atoms with Gasteiger partial charge in [0.1, 0.15) is 11.2 Å². The normalized spacial score (nSPS) is 12.2. The number of hydrogen-bond acceptors (Lipinski definition) is 5. The van der Waals surface area contributed by atoms with Crippen LogP contribution in [0.1, 0.15) is 73.4 Å². The number of fused-ring (bicyclic) bond motifs is 1. The molecule has 7 heteroatoms. The summed E-state index contributed by atoms with van der Waals surface area (Å²) in [7, 11) is 0. The van der Waals surface area contributed by atoms with Crippen LogP contribution < -0.4 is 16.0 Å². The van der Waals surface area contributed by atoms with Gasteiger partial charge in [-0.15, -0.1) is 0 Å². The van der Waals surface area contributed by atoms with E-state index in [1.165, 1.54) is 22.1 Å². The molecule has 0 spiro atoms. The molecule has 45 heavy (non-hydrogen) atoms. The molecule has 0 atom stereocenters. The zero-order chi connectivity index (χ0) is 33.0. The predicted molar refractivity (Wildman–Crippen MR) is 183 cm³/mol. The third-order valence-electron chi connectivity index (χ3n) is 7.09. The lowest BCUT2D eigenvalue weighted by Gasteiger charge is -2.27. The van der Waals surface area contributed by atoms with Crippen molar-refractivity contribution in [2.24, 2.45) is 0 Å². The van der Waals surface area contributed by atoms with Crippen molar-refractivity contribution in [3.05, 3.63) is 96.1 Å². The number of carbonyl (C=O) groups excluding carboxylic acids is 2. The number of hydrogen-bond donors (Lipinski definition) is 3. The van der Waals surface area contributed by atoms with Gasteiger partial charge in [-0.2, -0.15) is 0 Å². The largest absolute Gasteiger partial charge is 0.444 e. The molecule has 3 N–H and O–H groups in total. The highest BCUT2D eigenvalue weighted by atomic mass is 16.6. The number of amides is 2. The molecule has 4 aromatic rings. The summed E-state index contributed by atoms with van der Waals surface area (Å²) in [6.45, 7) is 17.7. The maximum atomic E-state index is 12.6. The summed E-state index contributed by atoms with van der Waals surface area (Å²) in [6, 6.07) is 29.9. The van der Waals surface area contributed by atoms with Crippen LogP contribution in [0, 0.1) is 0 Å². The van der Waals surface area contributed by atoms with Crippen LogP contribution in [0.5, 0.6) is 0 Å². The van der Waals surface area contributed by atoms with E-state index < -0.39 is 29.7 Å². The summed E-state index contributed by atoms with van der Waals surface area (Å²) < 4.78 is 10.8. The first-order chi connectivity index (χ1) is 21.0. The molecular formula is C38H47N3O4. The summed E-state index contributed by atoms with van der Waals surface area (Å²) in [5, 5.41) is 11.0. The van der Waals surface area contributed by atoms with Crippen LogP contribution in [0.3, 0.4) is 0 Å². The van der Waals surface area contributed by atoms with E-state index in [-0.39, 0.29) is 5.41 Å². The SMILES string of the molecule is CC(C)(C)OC(=O)NC(NCc1ccccc1-c1ccc2c(-c3ccc(C(C)(C)C)cc3)cccc2c1)NC(=O)OC(C)(C)C. The van der Waals surface area contributed by atoms with Crippen LogP contribution in [-0.2, 0) is 21.4 Å². The van der Waals surface area contributed by atoms with Gasteiger partial charge in [0.2, 0.25) is 0 Å². The summed E-state index contributed by atoms with van der Waals surface area (Å²) in [5.74, 6) is 0. The van der Waals surface area contributed by atoms with Crippen LogP contribution in [0.4, 0.5) is 9.59 Å². The zero-order valence-electron chi connectivity index (χ0n) is 28.0. The van der Waals surface area contributed by atoms with Crippen molar-refractivity contribution in [1.29, 1.82) is 0 Å². The second-order valence-electron chi connectivity index (χ2n) is 14.3. The Balaban J connectivity index is 1.58. The van der Waals surface area contributed by atoms with Gasteiger partial charge in [0.15, 0.2) is 6.29 Å². The average molecular weight is 610 g/mol. The first-order valence-electron chi connectivity index (χ1n) is 15.4. The zero-order valence-corrected chi connectivity index (χ0v) is 28.0. The van der Waals surface area contributed by atoms with Gasteiger partial charge in [0, 0.05) is 6.54 Å². The Morgan fingerprint density at radius 1 is 0.644 bits per heavy atom. The van der Waals surface area contributed by atoms with Crippen LogP contribution in [-0.4, -0.2) is 29.7 Å². The molecule has 238 valence electrons. The first-order valence-corrected chi connectivity index (χ1v) is 15.4. The van der Waals surface area contributed by atoms with E-state index in [2.05, 4.69) is 103 Å². The minimum atomic E-state index is -0.938. The van der Waals surface area contributed by atoms with Crippen molar-refractivity contribution in [2.45, 2.75) is 91.8 Å². The second kappa shape index (κ2) is 13.3. The molecule has 2 amide bonds. The highest BCUT2D eigenvalue weighted by Gasteiger charge is 2.23. The third-order valence-corrected chi connectivity index (χ3v) is 7.09. The minimum Gasteiger partial charge on any atom is -0.444 e. The van der Waals surface area contributed by atoms with Crippen molar-refractivity contribution < 1.29 is 19.1 Å².